The van der Waals surface area contributed by atoms with Crippen molar-refractivity contribution in [3.63, 3.8) is 0 Å². The Kier molecular flexibility index (Phi) is 4.27. The summed E-state index contributed by atoms with van der Waals surface area (Å²) in [4.78, 5) is 24.5. The number of hydrogen-bond donors (Lipinski definition) is 2. The molecule has 2 rings (SSSR count). The van der Waals surface area contributed by atoms with Crippen LogP contribution in [0.3, 0.4) is 0 Å². The van der Waals surface area contributed by atoms with Crippen molar-refractivity contribution >= 4 is 11.9 Å². The number of halogens is 1. The van der Waals surface area contributed by atoms with Gasteiger partial charge in [-0.15, -0.1) is 0 Å². The second-order valence-corrected chi connectivity index (χ2v) is 5.63. The van der Waals surface area contributed by atoms with Crippen molar-refractivity contribution in [3.05, 3.63) is 35.1 Å². The lowest BCUT2D eigenvalue weighted by Crippen LogP contribution is -2.54. The van der Waals surface area contributed by atoms with Gasteiger partial charge in [-0.25, -0.2) is 4.39 Å². The highest BCUT2D eigenvalue weighted by Gasteiger charge is 2.41. The number of likely N-dealkylation sites (tertiary alicyclic amines) is 1. The third-order valence-corrected chi connectivity index (χ3v) is 4.19. The molecule has 1 aliphatic heterocycles. The first-order valence-corrected chi connectivity index (χ1v) is 6.91. The van der Waals surface area contributed by atoms with Crippen LogP contribution in [0.25, 0.3) is 0 Å². The summed E-state index contributed by atoms with van der Waals surface area (Å²) in [6.45, 7) is 2.39. The standard InChI is InChI=1S/C15H19FN2O3/c1-15(14(20)21)6-2-3-7-18(15)9-11-8-10(13(17)19)4-5-12(11)16/h4-5,8H,2-3,6-7,9H2,1H3,(H2,17,19)(H,20,21). The van der Waals surface area contributed by atoms with Crippen LogP contribution in [0.5, 0.6) is 0 Å². The van der Waals surface area contributed by atoms with E-state index in [1.807, 2.05) is 0 Å². The minimum atomic E-state index is -1.01. The molecule has 0 radical (unpaired) electrons. The topological polar surface area (TPSA) is 83.6 Å². The van der Waals surface area contributed by atoms with Crippen LogP contribution >= 0.6 is 0 Å². The van der Waals surface area contributed by atoms with Gasteiger partial charge < -0.3 is 10.8 Å². The molecule has 0 spiro atoms. The molecule has 1 saturated heterocycles. The normalized spacial score (nSPS) is 23.0. The molecule has 1 atom stereocenters. The van der Waals surface area contributed by atoms with Gasteiger partial charge in [-0.1, -0.05) is 0 Å². The number of benzene rings is 1. The molecular weight excluding hydrogens is 275 g/mol. The summed E-state index contributed by atoms with van der Waals surface area (Å²) >= 11 is 0. The molecule has 1 amide bonds. The third-order valence-electron chi connectivity index (χ3n) is 4.19. The first-order chi connectivity index (χ1) is 9.84. The summed E-state index contributed by atoms with van der Waals surface area (Å²) in [6, 6.07) is 3.92. The number of carbonyl (C=O) groups is 2. The number of nitrogens with two attached hydrogens (primary N) is 1. The van der Waals surface area contributed by atoms with Crippen LogP contribution in [0.15, 0.2) is 18.2 Å². The average molecular weight is 294 g/mol. The Morgan fingerprint density at radius 3 is 2.76 bits per heavy atom. The van der Waals surface area contributed by atoms with Crippen molar-refractivity contribution in [2.24, 2.45) is 5.73 Å². The zero-order valence-electron chi connectivity index (χ0n) is 11.9. The van der Waals surface area contributed by atoms with Crippen molar-refractivity contribution in [2.45, 2.75) is 38.3 Å². The largest absolute Gasteiger partial charge is 0.480 e. The molecule has 21 heavy (non-hydrogen) atoms. The van der Waals surface area contributed by atoms with Crippen molar-refractivity contribution < 1.29 is 19.1 Å². The highest BCUT2D eigenvalue weighted by molar-refractivity contribution is 5.92. The van der Waals surface area contributed by atoms with E-state index in [9.17, 15) is 19.1 Å². The molecule has 1 unspecified atom stereocenters. The van der Waals surface area contributed by atoms with E-state index < -0.39 is 23.2 Å². The van der Waals surface area contributed by atoms with Crippen molar-refractivity contribution in [2.75, 3.05) is 6.54 Å². The number of nitrogens with zero attached hydrogens (tertiary/aromatic N) is 1. The molecule has 1 aromatic carbocycles. The highest BCUT2D eigenvalue weighted by Crippen LogP contribution is 2.30. The van der Waals surface area contributed by atoms with Crippen molar-refractivity contribution in [3.8, 4) is 0 Å². The number of carboxylic acid groups (broad SMARTS) is 1. The van der Waals surface area contributed by atoms with Crippen molar-refractivity contribution in [1.29, 1.82) is 0 Å². The van der Waals surface area contributed by atoms with Crippen LogP contribution in [-0.4, -0.2) is 34.0 Å². The minimum absolute atomic E-state index is 0.149. The van der Waals surface area contributed by atoms with Crippen LogP contribution in [0.2, 0.25) is 0 Å². The van der Waals surface area contributed by atoms with E-state index in [1.54, 1.807) is 11.8 Å². The lowest BCUT2D eigenvalue weighted by Gasteiger charge is -2.41. The predicted octanol–water partition coefficient (Wildman–Crippen LogP) is 1.75. The molecule has 1 aliphatic rings. The Morgan fingerprint density at radius 1 is 1.43 bits per heavy atom. The molecular formula is C15H19FN2O3. The lowest BCUT2D eigenvalue weighted by molar-refractivity contribution is -0.153. The molecule has 1 fully saturated rings. The van der Waals surface area contributed by atoms with Crippen LogP contribution in [-0.2, 0) is 11.3 Å². The number of rotatable bonds is 4. The first kappa shape index (κ1) is 15.4. The fourth-order valence-corrected chi connectivity index (χ4v) is 2.73. The Morgan fingerprint density at radius 2 is 2.14 bits per heavy atom. The van der Waals surface area contributed by atoms with Gasteiger partial charge in [0.15, 0.2) is 0 Å². The Hall–Kier alpha value is -1.95. The molecule has 0 aromatic heterocycles. The van der Waals surface area contributed by atoms with Gasteiger partial charge in [0.05, 0.1) is 0 Å². The van der Waals surface area contributed by atoms with E-state index in [0.717, 1.165) is 12.8 Å². The third kappa shape index (κ3) is 3.05. The van der Waals surface area contributed by atoms with Gasteiger partial charge in [-0.2, -0.15) is 0 Å². The summed E-state index contributed by atoms with van der Waals surface area (Å²) < 4.78 is 13.9. The number of carboxylic acids is 1. The predicted molar refractivity (Wildman–Crippen MR) is 75.2 cm³/mol. The number of amides is 1. The summed E-state index contributed by atoms with van der Waals surface area (Å²) in [5.74, 6) is -2.00. The number of carbonyl (C=O) groups excluding carboxylic acids is 1. The van der Waals surface area contributed by atoms with Gasteiger partial charge in [-0.05, 0) is 50.9 Å². The number of primary amides is 1. The average Bonchev–Trinajstić information content (AvgIpc) is 2.43. The van der Waals surface area contributed by atoms with Gasteiger partial charge in [0, 0.05) is 17.7 Å². The molecule has 0 bridgehead atoms. The quantitative estimate of drug-likeness (QED) is 0.886. The Labute approximate surface area is 122 Å². The summed E-state index contributed by atoms with van der Waals surface area (Å²) in [7, 11) is 0. The number of piperidine rings is 1. The zero-order chi connectivity index (χ0) is 15.6. The van der Waals surface area contributed by atoms with E-state index in [1.165, 1.54) is 18.2 Å². The Bertz CT molecular complexity index is 576. The van der Waals surface area contributed by atoms with Crippen LogP contribution in [0.1, 0.15) is 42.1 Å². The lowest BCUT2D eigenvalue weighted by atomic mass is 9.88. The van der Waals surface area contributed by atoms with Gasteiger partial charge in [-0.3, -0.25) is 14.5 Å². The van der Waals surface area contributed by atoms with Crippen LogP contribution in [0, 0.1) is 5.82 Å². The molecule has 1 heterocycles. The molecule has 1 aromatic rings. The Balaban J connectivity index is 2.29. The summed E-state index contributed by atoms with van der Waals surface area (Å²) in [5.41, 5.74) is 4.71. The maximum absolute atomic E-state index is 13.9. The van der Waals surface area contributed by atoms with E-state index >= 15 is 0 Å². The molecule has 5 nitrogen and oxygen atoms in total. The maximum atomic E-state index is 13.9. The van der Waals surface area contributed by atoms with Gasteiger partial charge in [0.1, 0.15) is 11.4 Å². The fourth-order valence-electron chi connectivity index (χ4n) is 2.73. The van der Waals surface area contributed by atoms with Gasteiger partial charge in [0.25, 0.3) is 0 Å². The molecule has 6 heteroatoms. The fraction of sp³-hybridized carbons (Fsp3) is 0.467. The summed E-state index contributed by atoms with van der Waals surface area (Å²) in [6.07, 6.45) is 2.24. The van der Waals surface area contributed by atoms with E-state index in [4.69, 9.17) is 5.73 Å². The molecule has 114 valence electrons. The second-order valence-electron chi connectivity index (χ2n) is 5.63. The second kappa shape index (κ2) is 5.81. The monoisotopic (exact) mass is 294 g/mol. The smallest absolute Gasteiger partial charge is 0.323 e. The molecule has 0 saturated carbocycles. The molecule has 0 aliphatic carbocycles. The first-order valence-electron chi connectivity index (χ1n) is 6.91. The number of hydrogen-bond acceptors (Lipinski definition) is 3. The number of aliphatic carboxylic acids is 1. The highest BCUT2D eigenvalue weighted by atomic mass is 19.1. The van der Waals surface area contributed by atoms with Crippen LogP contribution < -0.4 is 5.73 Å². The van der Waals surface area contributed by atoms with Crippen LogP contribution in [0.4, 0.5) is 4.39 Å². The summed E-state index contributed by atoms with van der Waals surface area (Å²) in [5, 5.41) is 9.45. The maximum Gasteiger partial charge on any atom is 0.323 e. The van der Waals surface area contributed by atoms with E-state index in [-0.39, 0.29) is 12.1 Å². The zero-order valence-corrected chi connectivity index (χ0v) is 11.9. The molecule has 3 N–H and O–H groups in total. The van der Waals surface area contributed by atoms with E-state index in [0.29, 0.717) is 18.5 Å². The minimum Gasteiger partial charge on any atom is -0.480 e. The SMILES string of the molecule is CC1(C(=O)O)CCCCN1Cc1cc(C(N)=O)ccc1F. The van der Waals surface area contributed by atoms with E-state index in [2.05, 4.69) is 0 Å². The van der Waals surface area contributed by atoms with Gasteiger partial charge >= 0.3 is 5.97 Å². The van der Waals surface area contributed by atoms with Crippen molar-refractivity contribution in [1.82, 2.24) is 4.90 Å². The van der Waals surface area contributed by atoms with Gasteiger partial charge in [0.2, 0.25) is 5.91 Å².